The van der Waals surface area contributed by atoms with Crippen LogP contribution in [0.3, 0.4) is 0 Å². The first-order valence-electron chi connectivity index (χ1n) is 6.70. The molecule has 4 nitrogen and oxygen atoms in total. The van der Waals surface area contributed by atoms with E-state index in [1.54, 1.807) is 0 Å². The largest absolute Gasteiger partial charge is 0.465 e. The summed E-state index contributed by atoms with van der Waals surface area (Å²) < 4.78 is 10.8. The van der Waals surface area contributed by atoms with E-state index in [0.29, 0.717) is 12.5 Å². The first-order valence-corrected chi connectivity index (χ1v) is 6.70. The molecule has 0 aromatic heterocycles. The molecule has 1 saturated heterocycles. The van der Waals surface area contributed by atoms with E-state index in [4.69, 9.17) is 9.47 Å². The van der Waals surface area contributed by atoms with Gasteiger partial charge in [-0.25, -0.2) is 0 Å². The smallest absolute Gasteiger partial charge is 0.326 e. The Morgan fingerprint density at radius 2 is 2.24 bits per heavy atom. The van der Waals surface area contributed by atoms with Crippen molar-refractivity contribution in [3.63, 3.8) is 0 Å². The first kappa shape index (κ1) is 12.8. The van der Waals surface area contributed by atoms with Crippen LogP contribution in [-0.4, -0.2) is 37.4 Å². The van der Waals surface area contributed by atoms with E-state index >= 15 is 0 Å². The summed E-state index contributed by atoms with van der Waals surface area (Å²) in [7, 11) is 0. The highest BCUT2D eigenvalue weighted by molar-refractivity contribution is 5.81. The van der Waals surface area contributed by atoms with Gasteiger partial charge < -0.3 is 9.47 Å². The molecule has 0 amide bonds. The lowest BCUT2D eigenvalue weighted by Gasteiger charge is -2.29. The van der Waals surface area contributed by atoms with Crippen molar-refractivity contribution in [1.29, 1.82) is 0 Å². The molecule has 0 bridgehead atoms. The van der Waals surface area contributed by atoms with E-state index in [1.807, 2.05) is 13.8 Å². The van der Waals surface area contributed by atoms with Crippen molar-refractivity contribution in [2.24, 2.45) is 5.92 Å². The zero-order chi connectivity index (χ0) is 12.3. The zero-order valence-corrected chi connectivity index (χ0v) is 10.8. The van der Waals surface area contributed by atoms with Crippen LogP contribution in [0.5, 0.6) is 0 Å². The Labute approximate surface area is 103 Å². The summed E-state index contributed by atoms with van der Waals surface area (Å²) in [5, 5.41) is 3.39. The quantitative estimate of drug-likeness (QED) is 0.716. The van der Waals surface area contributed by atoms with Gasteiger partial charge in [0.15, 0.2) is 0 Å². The number of carbonyl (C=O) groups excluding carboxylic acids is 1. The molecule has 1 heterocycles. The molecule has 1 aliphatic carbocycles. The summed E-state index contributed by atoms with van der Waals surface area (Å²) in [4.78, 5) is 12.0. The molecule has 2 aliphatic rings. The second-order valence-electron chi connectivity index (χ2n) is 5.21. The molecule has 17 heavy (non-hydrogen) atoms. The third-order valence-electron chi connectivity index (χ3n) is 3.81. The molecule has 2 rings (SSSR count). The van der Waals surface area contributed by atoms with Gasteiger partial charge in [-0.05, 0) is 45.4 Å². The van der Waals surface area contributed by atoms with Gasteiger partial charge in [0.05, 0.1) is 12.7 Å². The van der Waals surface area contributed by atoms with Crippen molar-refractivity contribution in [3.8, 4) is 0 Å². The van der Waals surface area contributed by atoms with Gasteiger partial charge in [-0.1, -0.05) is 0 Å². The molecule has 0 aromatic rings. The fraction of sp³-hybridized carbons (Fsp3) is 0.923. The lowest BCUT2D eigenvalue weighted by molar-refractivity contribution is -0.151. The zero-order valence-electron chi connectivity index (χ0n) is 10.8. The fourth-order valence-electron chi connectivity index (χ4n) is 2.46. The van der Waals surface area contributed by atoms with E-state index in [-0.39, 0.29) is 12.1 Å². The lowest BCUT2D eigenvalue weighted by Crippen LogP contribution is -2.54. The first-order chi connectivity index (χ1) is 8.16. The maximum atomic E-state index is 12.0. The maximum Gasteiger partial charge on any atom is 0.326 e. The number of ether oxygens (including phenoxy) is 2. The number of hydrogen-bond acceptors (Lipinski definition) is 4. The molecular weight excluding hydrogens is 218 g/mol. The van der Waals surface area contributed by atoms with Gasteiger partial charge in [0.2, 0.25) is 0 Å². The molecule has 98 valence electrons. The number of rotatable bonds is 6. The molecule has 2 atom stereocenters. The molecule has 1 aliphatic heterocycles. The predicted octanol–water partition coefficient (Wildman–Crippen LogP) is 1.49. The summed E-state index contributed by atoms with van der Waals surface area (Å²) >= 11 is 0. The fourth-order valence-corrected chi connectivity index (χ4v) is 2.46. The average Bonchev–Trinajstić information content (AvgIpc) is 3.05. The van der Waals surface area contributed by atoms with Crippen molar-refractivity contribution in [1.82, 2.24) is 5.32 Å². The van der Waals surface area contributed by atoms with Gasteiger partial charge in [0.25, 0.3) is 0 Å². The third kappa shape index (κ3) is 2.99. The number of esters is 1. The minimum absolute atomic E-state index is 0.111. The number of nitrogens with one attached hydrogen (secondary N) is 1. The summed E-state index contributed by atoms with van der Waals surface area (Å²) in [5.74, 6) is 0.323. The Balaban J connectivity index is 1.88. The van der Waals surface area contributed by atoms with Gasteiger partial charge in [-0.15, -0.1) is 0 Å². The van der Waals surface area contributed by atoms with Crippen LogP contribution in [0.25, 0.3) is 0 Å². The van der Waals surface area contributed by atoms with Crippen LogP contribution in [0, 0.1) is 5.92 Å². The van der Waals surface area contributed by atoms with Gasteiger partial charge >= 0.3 is 5.97 Å². The second-order valence-corrected chi connectivity index (χ2v) is 5.21. The standard InChI is InChI=1S/C13H23NO3/c1-3-16-12(15)13(2,10-6-7-10)14-9-11-5-4-8-17-11/h10-11,14H,3-9H2,1-2H3. The van der Waals surface area contributed by atoms with Crippen LogP contribution in [0.2, 0.25) is 0 Å². The Kier molecular flexibility index (Phi) is 4.05. The molecule has 2 fully saturated rings. The van der Waals surface area contributed by atoms with Crippen molar-refractivity contribution < 1.29 is 14.3 Å². The topological polar surface area (TPSA) is 47.6 Å². The highest BCUT2D eigenvalue weighted by Gasteiger charge is 2.48. The molecule has 1 saturated carbocycles. The normalized spacial score (nSPS) is 27.8. The SMILES string of the molecule is CCOC(=O)C(C)(NCC1CCCO1)C1CC1. The van der Waals surface area contributed by atoms with Gasteiger partial charge in [-0.3, -0.25) is 10.1 Å². The third-order valence-corrected chi connectivity index (χ3v) is 3.81. The van der Waals surface area contributed by atoms with Gasteiger partial charge in [-0.2, -0.15) is 0 Å². The highest BCUT2D eigenvalue weighted by Crippen LogP contribution is 2.40. The minimum Gasteiger partial charge on any atom is -0.465 e. The predicted molar refractivity (Wildman–Crippen MR) is 64.7 cm³/mol. The van der Waals surface area contributed by atoms with Crippen LogP contribution >= 0.6 is 0 Å². The monoisotopic (exact) mass is 241 g/mol. The Bertz CT molecular complexity index is 272. The van der Waals surface area contributed by atoms with Crippen LogP contribution in [-0.2, 0) is 14.3 Å². The van der Waals surface area contributed by atoms with Crippen molar-refractivity contribution in [2.45, 2.75) is 51.2 Å². The molecular formula is C13H23NO3. The number of hydrogen-bond donors (Lipinski definition) is 1. The Hall–Kier alpha value is -0.610. The van der Waals surface area contributed by atoms with Crippen molar-refractivity contribution in [3.05, 3.63) is 0 Å². The van der Waals surface area contributed by atoms with Gasteiger partial charge in [0.1, 0.15) is 5.54 Å². The molecule has 2 unspecified atom stereocenters. The van der Waals surface area contributed by atoms with Crippen LogP contribution in [0.1, 0.15) is 39.5 Å². The molecule has 0 aromatic carbocycles. The van der Waals surface area contributed by atoms with Crippen molar-refractivity contribution >= 4 is 5.97 Å². The summed E-state index contributed by atoms with van der Waals surface area (Å²) in [6.07, 6.45) is 4.73. The van der Waals surface area contributed by atoms with Crippen molar-refractivity contribution in [2.75, 3.05) is 19.8 Å². The molecule has 4 heteroatoms. The Morgan fingerprint density at radius 1 is 1.47 bits per heavy atom. The van der Waals surface area contributed by atoms with E-state index in [9.17, 15) is 4.79 Å². The lowest BCUT2D eigenvalue weighted by atomic mass is 9.95. The van der Waals surface area contributed by atoms with E-state index in [2.05, 4.69) is 5.32 Å². The highest BCUT2D eigenvalue weighted by atomic mass is 16.5. The molecule has 0 spiro atoms. The summed E-state index contributed by atoms with van der Waals surface area (Å²) in [6, 6.07) is 0. The maximum absolute atomic E-state index is 12.0. The van der Waals surface area contributed by atoms with Crippen LogP contribution in [0.4, 0.5) is 0 Å². The summed E-state index contributed by atoms with van der Waals surface area (Å²) in [5.41, 5.74) is -0.512. The molecule has 1 N–H and O–H groups in total. The van der Waals surface area contributed by atoms with Gasteiger partial charge in [0, 0.05) is 13.2 Å². The summed E-state index contributed by atoms with van der Waals surface area (Å²) in [6.45, 7) is 5.88. The van der Waals surface area contributed by atoms with Crippen LogP contribution < -0.4 is 5.32 Å². The Morgan fingerprint density at radius 3 is 2.76 bits per heavy atom. The second kappa shape index (κ2) is 5.36. The minimum atomic E-state index is -0.512. The van der Waals surface area contributed by atoms with E-state index < -0.39 is 5.54 Å². The van der Waals surface area contributed by atoms with E-state index in [1.165, 1.54) is 0 Å². The molecule has 0 radical (unpaired) electrons. The number of carbonyl (C=O) groups is 1. The average molecular weight is 241 g/mol. The van der Waals surface area contributed by atoms with E-state index in [0.717, 1.165) is 38.8 Å². The van der Waals surface area contributed by atoms with Crippen LogP contribution in [0.15, 0.2) is 0 Å².